The van der Waals surface area contributed by atoms with Gasteiger partial charge in [-0.15, -0.1) is 11.8 Å². The summed E-state index contributed by atoms with van der Waals surface area (Å²) in [4.78, 5) is 38.7. The van der Waals surface area contributed by atoms with Crippen LogP contribution >= 0.6 is 11.8 Å². The highest BCUT2D eigenvalue weighted by atomic mass is 32.2. The molecular weight excluding hydrogens is 336 g/mol. The summed E-state index contributed by atoms with van der Waals surface area (Å²) < 4.78 is 5.07. The minimum Gasteiger partial charge on any atom is -0.477 e. The Bertz CT molecular complexity index is 633. The van der Waals surface area contributed by atoms with Gasteiger partial charge in [-0.05, 0) is 6.92 Å². The number of rotatable bonds is 4. The molecule has 2 N–H and O–H groups in total. The van der Waals surface area contributed by atoms with Crippen LogP contribution in [0.1, 0.15) is 13.8 Å². The molecule has 0 bridgehead atoms. The zero-order chi connectivity index (χ0) is 17.8. The van der Waals surface area contributed by atoms with Crippen molar-refractivity contribution in [3.8, 4) is 0 Å². The van der Waals surface area contributed by atoms with Crippen LogP contribution < -0.4 is 0 Å². The number of aliphatic hydroxyl groups is 1. The summed E-state index contributed by atoms with van der Waals surface area (Å²) in [5, 5.41) is 19.3. The molecule has 0 saturated carbocycles. The Labute approximate surface area is 143 Å². The van der Waals surface area contributed by atoms with Crippen molar-refractivity contribution in [3.63, 3.8) is 0 Å². The van der Waals surface area contributed by atoms with Crippen LogP contribution in [0.2, 0.25) is 0 Å². The summed E-state index contributed by atoms with van der Waals surface area (Å²) in [7, 11) is 1.62. The number of hydrogen-bond donors (Lipinski definition) is 2. The molecule has 3 heterocycles. The van der Waals surface area contributed by atoms with Crippen molar-refractivity contribution in [1.29, 1.82) is 0 Å². The number of fused-ring (bicyclic) bond motifs is 1. The average molecular weight is 356 g/mol. The van der Waals surface area contributed by atoms with E-state index < -0.39 is 24.1 Å². The van der Waals surface area contributed by atoms with E-state index in [1.54, 1.807) is 14.0 Å². The van der Waals surface area contributed by atoms with Gasteiger partial charge >= 0.3 is 12.1 Å². The van der Waals surface area contributed by atoms with Crippen LogP contribution in [0.15, 0.2) is 10.6 Å². The van der Waals surface area contributed by atoms with E-state index in [2.05, 4.69) is 0 Å². The maximum atomic E-state index is 12.3. The Morgan fingerprint density at radius 2 is 2.08 bits per heavy atom. The number of carbonyl (C=O) groups is 3. The zero-order valence-electron chi connectivity index (χ0n) is 13.6. The summed E-state index contributed by atoms with van der Waals surface area (Å²) in [5.41, 5.74) is -0.000969. The topological polar surface area (TPSA) is 107 Å². The van der Waals surface area contributed by atoms with Crippen molar-refractivity contribution in [2.24, 2.45) is 11.8 Å². The second kappa shape index (κ2) is 5.96. The van der Waals surface area contributed by atoms with Gasteiger partial charge in [0.15, 0.2) is 0 Å². The number of nitrogens with zero attached hydrogens (tertiary/aromatic N) is 2. The van der Waals surface area contributed by atoms with E-state index in [0.717, 1.165) is 0 Å². The first kappa shape index (κ1) is 17.1. The van der Waals surface area contributed by atoms with Crippen molar-refractivity contribution >= 4 is 29.7 Å². The number of thioether (sulfide) groups is 1. The number of ether oxygens (including phenoxy) is 1. The van der Waals surface area contributed by atoms with Gasteiger partial charge in [-0.2, -0.15) is 0 Å². The van der Waals surface area contributed by atoms with E-state index in [1.807, 2.05) is 6.92 Å². The van der Waals surface area contributed by atoms with Gasteiger partial charge in [-0.3, -0.25) is 4.79 Å². The Kier molecular flexibility index (Phi) is 4.25. The van der Waals surface area contributed by atoms with Crippen molar-refractivity contribution in [3.05, 3.63) is 10.6 Å². The van der Waals surface area contributed by atoms with Gasteiger partial charge in [0.05, 0.1) is 23.3 Å². The van der Waals surface area contributed by atoms with Gasteiger partial charge in [0, 0.05) is 24.4 Å². The summed E-state index contributed by atoms with van der Waals surface area (Å²) in [6.07, 6.45) is -1.21. The van der Waals surface area contributed by atoms with Crippen molar-refractivity contribution in [2.75, 3.05) is 20.2 Å². The number of carbonyl (C=O) groups excluding carboxylic acids is 2. The smallest absolute Gasteiger partial charge is 0.409 e. The van der Waals surface area contributed by atoms with Crippen LogP contribution in [-0.2, 0) is 14.3 Å². The van der Waals surface area contributed by atoms with E-state index in [4.69, 9.17) is 4.74 Å². The molecule has 0 aromatic carbocycles. The third kappa shape index (κ3) is 2.46. The highest BCUT2D eigenvalue weighted by Gasteiger charge is 2.60. The molecule has 0 aromatic rings. The first-order valence-electron chi connectivity index (χ1n) is 7.77. The molecule has 24 heavy (non-hydrogen) atoms. The molecule has 0 spiro atoms. The van der Waals surface area contributed by atoms with Crippen LogP contribution in [0.3, 0.4) is 0 Å². The van der Waals surface area contributed by atoms with Gasteiger partial charge in [0.25, 0.3) is 0 Å². The van der Waals surface area contributed by atoms with Gasteiger partial charge in [0.2, 0.25) is 5.91 Å². The van der Waals surface area contributed by atoms with Crippen LogP contribution in [-0.4, -0.2) is 75.6 Å². The zero-order valence-corrected chi connectivity index (χ0v) is 14.4. The average Bonchev–Trinajstić information content (AvgIpc) is 2.73. The third-order valence-corrected chi connectivity index (χ3v) is 6.22. The summed E-state index contributed by atoms with van der Waals surface area (Å²) in [6, 6.07) is -0.324. The fraction of sp³-hybridized carbons (Fsp3) is 0.667. The lowest BCUT2D eigenvalue weighted by Gasteiger charge is -2.46. The largest absolute Gasteiger partial charge is 0.477 e. The molecule has 1 unspecified atom stereocenters. The second-order valence-corrected chi connectivity index (χ2v) is 7.81. The quantitative estimate of drug-likeness (QED) is 0.699. The van der Waals surface area contributed by atoms with Gasteiger partial charge in [-0.1, -0.05) is 6.92 Å². The SMILES string of the molecule is C[C@@H](O)[C@H]1C(=O)N2C(C(=O)O)=C(SC3COC(=O)N(C)C3)[C@H](C)[C@H]12. The van der Waals surface area contributed by atoms with E-state index in [0.29, 0.717) is 11.4 Å². The maximum Gasteiger partial charge on any atom is 0.409 e. The number of aliphatic hydroxyl groups excluding tert-OH is 1. The number of aliphatic carboxylic acids is 1. The fourth-order valence-electron chi connectivity index (χ4n) is 3.64. The molecule has 2 saturated heterocycles. The molecule has 3 rings (SSSR count). The lowest BCUT2D eigenvalue weighted by Crippen LogP contribution is -2.63. The Morgan fingerprint density at radius 3 is 2.62 bits per heavy atom. The van der Waals surface area contributed by atoms with Crippen LogP contribution in [0.4, 0.5) is 4.79 Å². The molecule has 0 aromatic heterocycles. The molecular formula is C15H20N2O6S. The van der Waals surface area contributed by atoms with E-state index in [1.165, 1.54) is 21.6 Å². The molecule has 0 radical (unpaired) electrons. The molecule has 5 atom stereocenters. The molecule has 3 aliphatic rings. The number of β-lactam (4-membered cyclic amide) rings is 1. The number of hydrogen-bond acceptors (Lipinski definition) is 6. The predicted octanol–water partition coefficient (Wildman–Crippen LogP) is 0.324. The van der Waals surface area contributed by atoms with Crippen molar-refractivity contribution < 1.29 is 29.3 Å². The molecule has 9 heteroatoms. The predicted molar refractivity (Wildman–Crippen MR) is 85.0 cm³/mol. The maximum absolute atomic E-state index is 12.3. The summed E-state index contributed by atoms with van der Waals surface area (Å²) in [6.45, 7) is 4.07. The highest BCUT2D eigenvalue weighted by molar-refractivity contribution is 8.03. The molecule has 2 amide bonds. The second-order valence-electron chi connectivity index (χ2n) is 6.47. The molecule has 2 fully saturated rings. The van der Waals surface area contributed by atoms with E-state index >= 15 is 0 Å². The van der Waals surface area contributed by atoms with E-state index in [-0.39, 0.29) is 35.4 Å². The number of cyclic esters (lactones) is 1. The Morgan fingerprint density at radius 1 is 1.42 bits per heavy atom. The first-order valence-corrected chi connectivity index (χ1v) is 8.65. The highest BCUT2D eigenvalue weighted by Crippen LogP contribution is 2.51. The molecule has 0 aliphatic carbocycles. The van der Waals surface area contributed by atoms with Crippen LogP contribution in [0.5, 0.6) is 0 Å². The minimum absolute atomic E-state index is 0.000969. The van der Waals surface area contributed by atoms with Crippen molar-refractivity contribution in [1.82, 2.24) is 9.80 Å². The number of carboxylic acids is 1. The normalized spacial score (nSPS) is 34.0. The number of amides is 2. The van der Waals surface area contributed by atoms with Crippen LogP contribution in [0, 0.1) is 11.8 Å². The van der Waals surface area contributed by atoms with Gasteiger partial charge in [0.1, 0.15) is 12.3 Å². The lowest BCUT2D eigenvalue weighted by molar-refractivity contribution is -0.163. The minimum atomic E-state index is -1.15. The molecule has 132 valence electrons. The van der Waals surface area contributed by atoms with E-state index in [9.17, 15) is 24.6 Å². The third-order valence-electron chi connectivity index (χ3n) is 4.79. The monoisotopic (exact) mass is 356 g/mol. The fourth-order valence-corrected chi connectivity index (χ4v) is 5.08. The number of carboxylic acid groups (broad SMARTS) is 1. The summed E-state index contributed by atoms with van der Waals surface area (Å²) >= 11 is 1.35. The van der Waals surface area contributed by atoms with Gasteiger partial charge in [-0.25, -0.2) is 9.59 Å². The standard InChI is InChI=1S/C15H20N2O6S/c1-6-10-9(7(2)18)13(19)17(10)11(14(20)21)12(6)24-8-4-16(3)15(22)23-5-8/h6-10,18H,4-5H2,1-3H3,(H,20,21)/t6-,7-,8?,9-,10-/m1/s1. The van der Waals surface area contributed by atoms with Crippen LogP contribution in [0.25, 0.3) is 0 Å². The molecule has 8 nitrogen and oxygen atoms in total. The summed E-state index contributed by atoms with van der Waals surface area (Å²) in [5.74, 6) is -2.24. The van der Waals surface area contributed by atoms with Gasteiger partial charge < -0.3 is 24.7 Å². The van der Waals surface area contributed by atoms with Crippen molar-refractivity contribution in [2.45, 2.75) is 31.2 Å². The lowest BCUT2D eigenvalue weighted by atomic mass is 9.79. The Balaban J connectivity index is 1.85. The Hall–Kier alpha value is -1.74. The molecule has 3 aliphatic heterocycles. The first-order chi connectivity index (χ1) is 11.2.